The van der Waals surface area contributed by atoms with Crippen LogP contribution in [0, 0.1) is 12.8 Å². The first-order valence-electron chi connectivity index (χ1n) is 12.4. The lowest BCUT2D eigenvalue weighted by Crippen LogP contribution is -2.55. The van der Waals surface area contributed by atoms with E-state index in [2.05, 4.69) is 68.6 Å². The third-order valence-corrected chi connectivity index (χ3v) is 7.44. The van der Waals surface area contributed by atoms with E-state index in [-0.39, 0.29) is 12.0 Å². The molecule has 6 rings (SSSR count). The lowest BCUT2D eigenvalue weighted by Gasteiger charge is -2.41. The maximum atomic E-state index is 13.1. The number of para-hydroxylation sites is 1. The standard InChI is InChI=1S/C27H30N6O/c1-18-11-13-20(14-12-18)24-29-30-25-22-9-5-6-10-23(22)28-27(33(24)25)31-15-16-32(19(2)17-31)26(34)21-7-3-4-8-21/h5-6,9-14,19,21H,3-4,7-8,15-17H2,1-2H3/t19-/m1/s1. The Kier molecular flexibility index (Phi) is 5.20. The molecule has 0 spiro atoms. The summed E-state index contributed by atoms with van der Waals surface area (Å²) in [6, 6.07) is 16.6. The Morgan fingerprint density at radius 1 is 0.971 bits per heavy atom. The highest BCUT2D eigenvalue weighted by molar-refractivity contribution is 5.93. The van der Waals surface area contributed by atoms with Gasteiger partial charge in [0.05, 0.1) is 5.52 Å². The summed E-state index contributed by atoms with van der Waals surface area (Å²) < 4.78 is 2.09. The molecule has 0 unspecified atom stereocenters. The Balaban J connectivity index is 1.41. The SMILES string of the molecule is Cc1ccc(-c2nnc3c4ccccc4nc(N4CCN(C(=O)C5CCCC5)[C@H](C)C4)n23)cc1. The number of carbonyl (C=O) groups excluding carboxylic acids is 1. The molecule has 34 heavy (non-hydrogen) atoms. The van der Waals surface area contributed by atoms with Crippen LogP contribution in [0.1, 0.15) is 38.2 Å². The van der Waals surface area contributed by atoms with Crippen LogP contribution in [0.2, 0.25) is 0 Å². The molecule has 1 saturated carbocycles. The maximum absolute atomic E-state index is 13.1. The number of benzene rings is 2. The van der Waals surface area contributed by atoms with E-state index in [0.717, 1.165) is 59.8 Å². The largest absolute Gasteiger partial charge is 0.338 e. The molecule has 174 valence electrons. The van der Waals surface area contributed by atoms with E-state index >= 15 is 0 Å². The summed E-state index contributed by atoms with van der Waals surface area (Å²) in [6.07, 6.45) is 4.44. The van der Waals surface area contributed by atoms with Crippen LogP contribution in [0.15, 0.2) is 48.5 Å². The van der Waals surface area contributed by atoms with Gasteiger partial charge in [-0.05, 0) is 38.8 Å². The maximum Gasteiger partial charge on any atom is 0.226 e. The van der Waals surface area contributed by atoms with Crippen molar-refractivity contribution in [3.8, 4) is 11.4 Å². The average Bonchev–Trinajstić information content (AvgIpc) is 3.55. The molecular weight excluding hydrogens is 424 g/mol. The van der Waals surface area contributed by atoms with Crippen molar-refractivity contribution in [3.05, 3.63) is 54.1 Å². The van der Waals surface area contributed by atoms with E-state index in [0.29, 0.717) is 12.5 Å². The number of amides is 1. The normalized spacial score (nSPS) is 19.4. The minimum atomic E-state index is 0.129. The number of anilines is 1. The van der Waals surface area contributed by atoms with Crippen molar-refractivity contribution in [3.63, 3.8) is 0 Å². The van der Waals surface area contributed by atoms with Crippen molar-refractivity contribution in [1.29, 1.82) is 0 Å². The Bertz CT molecular complexity index is 1360. The van der Waals surface area contributed by atoms with Crippen molar-refractivity contribution in [1.82, 2.24) is 24.5 Å². The van der Waals surface area contributed by atoms with Gasteiger partial charge in [0.25, 0.3) is 0 Å². The summed E-state index contributed by atoms with van der Waals surface area (Å²) in [5.74, 6) is 2.19. The number of rotatable bonds is 3. The molecule has 7 nitrogen and oxygen atoms in total. The molecule has 0 radical (unpaired) electrons. The first-order chi connectivity index (χ1) is 16.6. The molecule has 1 saturated heterocycles. The minimum Gasteiger partial charge on any atom is -0.338 e. The van der Waals surface area contributed by atoms with Gasteiger partial charge in [-0.2, -0.15) is 0 Å². The third kappa shape index (κ3) is 3.50. The quantitative estimate of drug-likeness (QED) is 0.457. The summed E-state index contributed by atoms with van der Waals surface area (Å²) in [5, 5.41) is 10.2. The highest BCUT2D eigenvalue weighted by Crippen LogP contribution is 2.31. The van der Waals surface area contributed by atoms with E-state index in [1.165, 1.54) is 18.4 Å². The molecule has 2 aliphatic rings. The van der Waals surface area contributed by atoms with Gasteiger partial charge in [0, 0.05) is 42.5 Å². The van der Waals surface area contributed by atoms with Gasteiger partial charge in [-0.3, -0.25) is 4.79 Å². The summed E-state index contributed by atoms with van der Waals surface area (Å²) in [7, 11) is 0. The molecule has 0 bridgehead atoms. The molecule has 1 amide bonds. The van der Waals surface area contributed by atoms with Gasteiger partial charge in [-0.15, -0.1) is 10.2 Å². The van der Waals surface area contributed by atoms with Gasteiger partial charge in [-0.25, -0.2) is 9.38 Å². The van der Waals surface area contributed by atoms with Crippen LogP contribution in [-0.2, 0) is 4.79 Å². The third-order valence-electron chi connectivity index (χ3n) is 7.44. The monoisotopic (exact) mass is 454 g/mol. The summed E-state index contributed by atoms with van der Waals surface area (Å²) in [6.45, 7) is 6.44. The highest BCUT2D eigenvalue weighted by Gasteiger charge is 2.34. The van der Waals surface area contributed by atoms with E-state index < -0.39 is 0 Å². The number of hydrogen-bond donors (Lipinski definition) is 0. The lowest BCUT2D eigenvalue weighted by molar-refractivity contribution is -0.137. The second kappa shape index (κ2) is 8.38. The number of aryl methyl sites for hydroxylation is 1. The first-order valence-corrected chi connectivity index (χ1v) is 12.4. The van der Waals surface area contributed by atoms with E-state index in [1.54, 1.807) is 0 Å². The predicted molar refractivity (Wildman–Crippen MR) is 134 cm³/mol. The lowest BCUT2D eigenvalue weighted by atomic mass is 10.0. The van der Waals surface area contributed by atoms with Gasteiger partial charge in [0.15, 0.2) is 11.5 Å². The number of fused-ring (bicyclic) bond motifs is 3. The summed E-state index contributed by atoms with van der Waals surface area (Å²) >= 11 is 0. The zero-order chi connectivity index (χ0) is 23.2. The van der Waals surface area contributed by atoms with E-state index in [1.807, 2.05) is 18.2 Å². The number of hydrogen-bond acceptors (Lipinski definition) is 5. The summed E-state index contributed by atoms with van der Waals surface area (Å²) in [5.41, 5.74) is 3.94. The van der Waals surface area contributed by atoms with Crippen molar-refractivity contribution in [2.75, 3.05) is 24.5 Å². The first kappa shape index (κ1) is 21.1. The van der Waals surface area contributed by atoms with Crippen molar-refractivity contribution < 1.29 is 4.79 Å². The second-order valence-corrected chi connectivity index (χ2v) is 9.79. The minimum absolute atomic E-state index is 0.129. The highest BCUT2D eigenvalue weighted by atomic mass is 16.2. The fourth-order valence-corrected chi connectivity index (χ4v) is 5.54. The van der Waals surface area contributed by atoms with Gasteiger partial charge < -0.3 is 9.80 Å². The van der Waals surface area contributed by atoms with Crippen LogP contribution in [0.4, 0.5) is 5.95 Å². The fourth-order valence-electron chi connectivity index (χ4n) is 5.54. The zero-order valence-electron chi connectivity index (χ0n) is 19.8. The van der Waals surface area contributed by atoms with Crippen molar-refractivity contribution in [2.24, 2.45) is 5.92 Å². The molecule has 4 aromatic rings. The molecule has 1 aliphatic heterocycles. The Hall–Kier alpha value is -3.48. The predicted octanol–water partition coefficient (Wildman–Crippen LogP) is 4.48. The zero-order valence-corrected chi connectivity index (χ0v) is 19.8. The molecule has 2 aromatic carbocycles. The molecule has 2 fully saturated rings. The molecule has 7 heteroatoms. The molecule has 1 aliphatic carbocycles. The average molecular weight is 455 g/mol. The molecular formula is C27H30N6O. The van der Waals surface area contributed by atoms with Crippen molar-refractivity contribution in [2.45, 2.75) is 45.6 Å². The fraction of sp³-hybridized carbons (Fsp3) is 0.407. The number of carbonyl (C=O) groups is 1. The number of nitrogens with zero attached hydrogens (tertiary/aromatic N) is 6. The van der Waals surface area contributed by atoms with Crippen LogP contribution in [0.3, 0.4) is 0 Å². The van der Waals surface area contributed by atoms with Crippen LogP contribution >= 0.6 is 0 Å². The topological polar surface area (TPSA) is 66.6 Å². The van der Waals surface area contributed by atoms with Crippen molar-refractivity contribution >= 4 is 28.4 Å². The van der Waals surface area contributed by atoms with Crippen LogP contribution in [0.5, 0.6) is 0 Å². The van der Waals surface area contributed by atoms with E-state index in [4.69, 9.17) is 4.98 Å². The van der Waals surface area contributed by atoms with Crippen LogP contribution in [0.25, 0.3) is 27.9 Å². The van der Waals surface area contributed by atoms with Gasteiger partial charge in [0.1, 0.15) is 0 Å². The molecule has 3 heterocycles. The van der Waals surface area contributed by atoms with Gasteiger partial charge in [0.2, 0.25) is 11.9 Å². The van der Waals surface area contributed by atoms with Crippen LogP contribution in [-0.4, -0.2) is 56.1 Å². The smallest absolute Gasteiger partial charge is 0.226 e. The number of piperazine rings is 1. The van der Waals surface area contributed by atoms with E-state index in [9.17, 15) is 4.79 Å². The second-order valence-electron chi connectivity index (χ2n) is 9.79. The Labute approximate surface area is 199 Å². The van der Waals surface area contributed by atoms with Gasteiger partial charge >= 0.3 is 0 Å². The molecule has 0 N–H and O–H groups in total. The Morgan fingerprint density at radius 3 is 2.50 bits per heavy atom. The molecule has 1 atom stereocenters. The van der Waals surface area contributed by atoms with Gasteiger partial charge in [-0.1, -0.05) is 54.8 Å². The number of aromatic nitrogens is 4. The summed E-state index contributed by atoms with van der Waals surface area (Å²) in [4.78, 5) is 22.6. The van der Waals surface area contributed by atoms with Crippen LogP contribution < -0.4 is 4.90 Å². The Morgan fingerprint density at radius 2 is 1.74 bits per heavy atom. The molecule has 2 aromatic heterocycles.